The summed E-state index contributed by atoms with van der Waals surface area (Å²) in [4.78, 5) is 16.1. The molecule has 0 unspecified atom stereocenters. The van der Waals surface area contributed by atoms with Gasteiger partial charge in [0.15, 0.2) is 0 Å². The SMILES string of the molecule is COC[C@@H](O)CN(C)C(=O)c1cc2c(s1)CC[C@H](C)C2. The number of nitrogens with zero attached hydrogens (tertiary/aromatic N) is 1. The normalized spacial score (nSPS) is 19.5. The molecule has 0 radical (unpaired) electrons. The number of aliphatic hydroxyl groups excluding tert-OH is 1. The van der Waals surface area contributed by atoms with Crippen molar-refractivity contribution in [2.75, 3.05) is 27.3 Å². The minimum atomic E-state index is -0.636. The highest BCUT2D eigenvalue weighted by atomic mass is 32.1. The molecular formula is C15H23NO3S. The van der Waals surface area contributed by atoms with Gasteiger partial charge in [-0.15, -0.1) is 11.3 Å². The van der Waals surface area contributed by atoms with Crippen LogP contribution in [0.25, 0.3) is 0 Å². The predicted molar refractivity (Wildman–Crippen MR) is 80.4 cm³/mol. The summed E-state index contributed by atoms with van der Waals surface area (Å²) in [6.45, 7) is 2.80. The average molecular weight is 297 g/mol. The maximum absolute atomic E-state index is 12.4. The van der Waals surface area contributed by atoms with Crippen molar-refractivity contribution in [3.05, 3.63) is 21.4 Å². The maximum atomic E-state index is 12.4. The predicted octanol–water partition coefficient (Wildman–Crippen LogP) is 1.95. The number of rotatable bonds is 5. The van der Waals surface area contributed by atoms with Crippen LogP contribution in [0.3, 0.4) is 0 Å². The molecule has 1 aliphatic carbocycles. The van der Waals surface area contributed by atoms with Crippen LogP contribution < -0.4 is 0 Å². The van der Waals surface area contributed by atoms with E-state index in [9.17, 15) is 9.90 Å². The molecule has 1 heterocycles. The zero-order chi connectivity index (χ0) is 14.7. The van der Waals surface area contributed by atoms with Gasteiger partial charge in [0.05, 0.1) is 17.6 Å². The van der Waals surface area contributed by atoms with Crippen LogP contribution in [0, 0.1) is 5.92 Å². The van der Waals surface area contributed by atoms with Crippen LogP contribution >= 0.6 is 11.3 Å². The first-order chi connectivity index (χ1) is 9.51. The molecule has 20 heavy (non-hydrogen) atoms. The second-order valence-corrected chi connectivity index (χ2v) is 6.84. The number of aryl methyl sites for hydroxylation is 1. The number of hydrogen-bond acceptors (Lipinski definition) is 4. The van der Waals surface area contributed by atoms with Gasteiger partial charge >= 0.3 is 0 Å². The molecule has 0 aliphatic heterocycles. The molecule has 1 aromatic rings. The first-order valence-corrected chi connectivity index (χ1v) is 7.87. The molecule has 1 N–H and O–H groups in total. The van der Waals surface area contributed by atoms with E-state index in [2.05, 4.69) is 6.92 Å². The molecule has 5 heteroatoms. The van der Waals surface area contributed by atoms with Gasteiger partial charge in [0.2, 0.25) is 0 Å². The fraction of sp³-hybridized carbons (Fsp3) is 0.667. The Morgan fingerprint density at radius 3 is 3.10 bits per heavy atom. The number of ether oxygens (including phenoxy) is 1. The van der Waals surface area contributed by atoms with E-state index in [1.807, 2.05) is 6.07 Å². The Labute approximate surface area is 124 Å². The highest BCUT2D eigenvalue weighted by Gasteiger charge is 2.23. The molecule has 1 aliphatic rings. The summed E-state index contributed by atoms with van der Waals surface area (Å²) in [6.07, 6.45) is 2.74. The van der Waals surface area contributed by atoms with Gasteiger partial charge in [-0.2, -0.15) is 0 Å². The number of methoxy groups -OCH3 is 1. The number of carbonyl (C=O) groups is 1. The van der Waals surface area contributed by atoms with Crippen molar-refractivity contribution in [3.8, 4) is 0 Å². The van der Waals surface area contributed by atoms with E-state index in [0.717, 1.165) is 17.7 Å². The summed E-state index contributed by atoms with van der Waals surface area (Å²) in [5.74, 6) is 0.702. The third-order valence-electron chi connectivity index (χ3n) is 3.73. The molecule has 0 spiro atoms. The number of aliphatic hydroxyl groups is 1. The number of thiophene rings is 1. The second-order valence-electron chi connectivity index (χ2n) is 5.70. The summed E-state index contributed by atoms with van der Waals surface area (Å²) >= 11 is 1.61. The molecule has 1 aromatic heterocycles. The summed E-state index contributed by atoms with van der Waals surface area (Å²) in [7, 11) is 3.27. The zero-order valence-electron chi connectivity index (χ0n) is 12.4. The molecule has 2 rings (SSSR count). The molecule has 4 nitrogen and oxygen atoms in total. The Balaban J connectivity index is 2.02. The van der Waals surface area contributed by atoms with Crippen LogP contribution in [0.1, 0.15) is 33.5 Å². The number of carbonyl (C=O) groups excluding carboxylic acids is 1. The number of amides is 1. The van der Waals surface area contributed by atoms with Gasteiger partial charge in [-0.1, -0.05) is 6.92 Å². The fourth-order valence-corrected chi connectivity index (χ4v) is 3.85. The number of hydrogen-bond donors (Lipinski definition) is 1. The lowest BCUT2D eigenvalue weighted by Crippen LogP contribution is -2.35. The summed E-state index contributed by atoms with van der Waals surface area (Å²) in [5.41, 5.74) is 1.34. The summed E-state index contributed by atoms with van der Waals surface area (Å²) < 4.78 is 4.88. The molecule has 0 saturated carbocycles. The highest BCUT2D eigenvalue weighted by molar-refractivity contribution is 7.14. The number of likely N-dealkylation sites (N-methyl/N-ethyl adjacent to an activating group) is 1. The standard InChI is InChI=1S/C15H23NO3S/c1-10-4-5-13-11(6-10)7-14(20-13)15(18)16(2)8-12(17)9-19-3/h7,10,12,17H,4-6,8-9H2,1-3H3/t10-,12-/m0/s1. The van der Waals surface area contributed by atoms with Crippen molar-refractivity contribution in [2.24, 2.45) is 5.92 Å². The van der Waals surface area contributed by atoms with E-state index >= 15 is 0 Å². The Morgan fingerprint density at radius 2 is 2.40 bits per heavy atom. The lowest BCUT2D eigenvalue weighted by Gasteiger charge is -2.19. The van der Waals surface area contributed by atoms with Gasteiger partial charge in [-0.3, -0.25) is 4.79 Å². The first kappa shape index (κ1) is 15.5. The Hall–Kier alpha value is -0.910. The Morgan fingerprint density at radius 1 is 1.65 bits per heavy atom. The molecule has 0 fully saturated rings. The lowest BCUT2D eigenvalue weighted by atomic mass is 9.90. The van der Waals surface area contributed by atoms with Crippen molar-refractivity contribution >= 4 is 17.2 Å². The van der Waals surface area contributed by atoms with Crippen LogP contribution in [0.15, 0.2) is 6.07 Å². The minimum Gasteiger partial charge on any atom is -0.389 e. The first-order valence-electron chi connectivity index (χ1n) is 7.05. The van der Waals surface area contributed by atoms with Crippen LogP contribution in [0.4, 0.5) is 0 Å². The van der Waals surface area contributed by atoms with E-state index in [1.165, 1.54) is 16.9 Å². The van der Waals surface area contributed by atoms with Crippen molar-refractivity contribution in [1.29, 1.82) is 0 Å². The van der Waals surface area contributed by atoms with Gasteiger partial charge in [-0.05, 0) is 36.8 Å². The number of fused-ring (bicyclic) bond motifs is 1. The molecule has 0 bridgehead atoms. The second kappa shape index (κ2) is 6.70. The van der Waals surface area contributed by atoms with Crippen molar-refractivity contribution in [1.82, 2.24) is 4.90 Å². The van der Waals surface area contributed by atoms with Gasteiger partial charge in [0, 0.05) is 25.6 Å². The minimum absolute atomic E-state index is 0.00722. The topological polar surface area (TPSA) is 49.8 Å². The quantitative estimate of drug-likeness (QED) is 0.904. The Bertz CT molecular complexity index is 472. The van der Waals surface area contributed by atoms with Crippen LogP contribution in [0.5, 0.6) is 0 Å². The van der Waals surface area contributed by atoms with E-state index in [-0.39, 0.29) is 12.5 Å². The highest BCUT2D eigenvalue weighted by Crippen LogP contribution is 2.32. The molecule has 112 valence electrons. The molecule has 1 amide bonds. The molecule has 2 atom stereocenters. The fourth-order valence-electron chi connectivity index (χ4n) is 2.64. The third kappa shape index (κ3) is 3.59. The summed E-state index contributed by atoms with van der Waals surface area (Å²) in [6, 6.07) is 2.04. The maximum Gasteiger partial charge on any atom is 0.263 e. The molecule has 0 saturated heterocycles. The summed E-state index contributed by atoms with van der Waals surface area (Å²) in [5, 5.41) is 9.70. The van der Waals surface area contributed by atoms with Gasteiger partial charge in [-0.25, -0.2) is 0 Å². The van der Waals surface area contributed by atoms with Gasteiger partial charge in [0.1, 0.15) is 0 Å². The van der Waals surface area contributed by atoms with Crippen molar-refractivity contribution in [2.45, 2.75) is 32.3 Å². The third-order valence-corrected chi connectivity index (χ3v) is 4.96. The van der Waals surface area contributed by atoms with Gasteiger partial charge in [0.25, 0.3) is 5.91 Å². The van der Waals surface area contributed by atoms with E-state index < -0.39 is 6.10 Å². The van der Waals surface area contributed by atoms with E-state index in [0.29, 0.717) is 12.5 Å². The van der Waals surface area contributed by atoms with E-state index in [4.69, 9.17) is 4.74 Å². The van der Waals surface area contributed by atoms with E-state index in [1.54, 1.807) is 30.4 Å². The van der Waals surface area contributed by atoms with Crippen LogP contribution in [-0.2, 0) is 17.6 Å². The zero-order valence-corrected chi connectivity index (χ0v) is 13.2. The average Bonchev–Trinajstić information content (AvgIpc) is 2.80. The van der Waals surface area contributed by atoms with Gasteiger partial charge < -0.3 is 14.7 Å². The van der Waals surface area contributed by atoms with Crippen molar-refractivity contribution in [3.63, 3.8) is 0 Å². The monoisotopic (exact) mass is 297 g/mol. The molecule has 0 aromatic carbocycles. The lowest BCUT2D eigenvalue weighted by molar-refractivity contribution is 0.0382. The van der Waals surface area contributed by atoms with Crippen LogP contribution in [-0.4, -0.2) is 49.3 Å². The van der Waals surface area contributed by atoms with Crippen molar-refractivity contribution < 1.29 is 14.6 Å². The molecular weight excluding hydrogens is 274 g/mol. The Kier molecular flexibility index (Phi) is 5.18. The largest absolute Gasteiger partial charge is 0.389 e. The van der Waals surface area contributed by atoms with Crippen LogP contribution in [0.2, 0.25) is 0 Å². The smallest absolute Gasteiger partial charge is 0.263 e.